The fourth-order valence-electron chi connectivity index (χ4n) is 1.66. The highest BCUT2D eigenvalue weighted by Gasteiger charge is 2.33. The van der Waals surface area contributed by atoms with Crippen molar-refractivity contribution in [3.8, 4) is 0 Å². The SMILES string of the molecule is C1CO[Si]2OCCCC2C1. The van der Waals surface area contributed by atoms with Crippen LogP contribution >= 0.6 is 0 Å². The second kappa shape index (κ2) is 3.03. The number of hydrogen-bond donors (Lipinski definition) is 0. The maximum absolute atomic E-state index is 5.56. The van der Waals surface area contributed by atoms with E-state index in [0.717, 1.165) is 18.8 Å². The molecule has 0 unspecified atom stereocenters. The summed E-state index contributed by atoms with van der Waals surface area (Å²) in [5, 5.41) is 0. The van der Waals surface area contributed by atoms with Gasteiger partial charge in [0.25, 0.3) is 0 Å². The van der Waals surface area contributed by atoms with Crippen LogP contribution in [0.15, 0.2) is 0 Å². The van der Waals surface area contributed by atoms with Gasteiger partial charge in [0.05, 0.1) is 0 Å². The molecule has 2 fully saturated rings. The molecule has 0 saturated carbocycles. The van der Waals surface area contributed by atoms with E-state index >= 15 is 0 Å². The molecule has 0 aromatic heterocycles. The van der Waals surface area contributed by atoms with Gasteiger partial charge in [-0.05, 0) is 25.7 Å². The summed E-state index contributed by atoms with van der Waals surface area (Å²) in [6.45, 7) is 1.90. The van der Waals surface area contributed by atoms with Crippen LogP contribution in [-0.2, 0) is 8.85 Å². The summed E-state index contributed by atoms with van der Waals surface area (Å²) in [6.07, 6.45) is 5.22. The van der Waals surface area contributed by atoms with E-state index in [-0.39, 0.29) is 0 Å². The van der Waals surface area contributed by atoms with E-state index < -0.39 is 9.28 Å². The smallest absolute Gasteiger partial charge is 0.388 e. The fourth-order valence-corrected chi connectivity index (χ4v) is 3.79. The van der Waals surface area contributed by atoms with E-state index in [1.165, 1.54) is 25.7 Å². The molecule has 2 aliphatic heterocycles. The molecule has 57 valence electrons. The maximum atomic E-state index is 5.56. The first-order valence-electron chi connectivity index (χ1n) is 4.09. The largest absolute Gasteiger partial charge is 0.393 e. The van der Waals surface area contributed by atoms with Crippen molar-refractivity contribution in [1.29, 1.82) is 0 Å². The molecule has 2 aliphatic rings. The lowest BCUT2D eigenvalue weighted by Gasteiger charge is -2.32. The van der Waals surface area contributed by atoms with Crippen molar-refractivity contribution in [2.45, 2.75) is 31.2 Å². The Morgan fingerprint density at radius 3 is 2.10 bits per heavy atom. The van der Waals surface area contributed by atoms with Gasteiger partial charge in [0.2, 0.25) is 0 Å². The lowest BCUT2D eigenvalue weighted by atomic mass is 10.1. The molecule has 0 amide bonds. The molecular weight excluding hydrogens is 144 g/mol. The zero-order valence-electron chi connectivity index (χ0n) is 6.14. The van der Waals surface area contributed by atoms with E-state index in [1.807, 2.05) is 0 Å². The fraction of sp³-hybridized carbons (Fsp3) is 1.00. The molecule has 1 radical (unpaired) electrons. The summed E-state index contributed by atoms with van der Waals surface area (Å²) in [5.41, 5.74) is 0.812. The molecule has 0 atom stereocenters. The predicted octanol–water partition coefficient (Wildman–Crippen LogP) is 1.47. The third-order valence-electron chi connectivity index (χ3n) is 2.22. The molecule has 0 spiro atoms. The van der Waals surface area contributed by atoms with Crippen molar-refractivity contribution in [3.05, 3.63) is 0 Å². The Hall–Kier alpha value is 0.137. The van der Waals surface area contributed by atoms with E-state index in [4.69, 9.17) is 8.85 Å². The quantitative estimate of drug-likeness (QED) is 0.496. The minimum Gasteiger partial charge on any atom is -0.393 e. The summed E-state index contributed by atoms with van der Waals surface area (Å²) in [7, 11) is -0.790. The first-order chi connectivity index (χ1) is 4.97. The highest BCUT2D eigenvalue weighted by molar-refractivity contribution is 6.46. The molecule has 0 N–H and O–H groups in total. The van der Waals surface area contributed by atoms with Crippen LogP contribution in [0.5, 0.6) is 0 Å². The zero-order chi connectivity index (χ0) is 6.81. The van der Waals surface area contributed by atoms with Crippen LogP contribution in [0.1, 0.15) is 25.7 Å². The minimum absolute atomic E-state index is 0.790. The summed E-state index contributed by atoms with van der Waals surface area (Å²) in [5.74, 6) is 0. The van der Waals surface area contributed by atoms with Crippen molar-refractivity contribution in [3.63, 3.8) is 0 Å². The molecule has 0 aromatic rings. The normalized spacial score (nSPS) is 30.0. The number of hydrogen-bond acceptors (Lipinski definition) is 2. The molecule has 2 rings (SSSR count). The second-order valence-corrected chi connectivity index (χ2v) is 5.03. The van der Waals surface area contributed by atoms with E-state index in [9.17, 15) is 0 Å². The highest BCUT2D eigenvalue weighted by Crippen LogP contribution is 2.31. The predicted molar refractivity (Wildman–Crippen MR) is 39.9 cm³/mol. The Morgan fingerprint density at radius 1 is 1.00 bits per heavy atom. The van der Waals surface area contributed by atoms with Crippen LogP contribution in [-0.4, -0.2) is 22.5 Å². The van der Waals surface area contributed by atoms with Gasteiger partial charge in [-0.1, -0.05) is 0 Å². The van der Waals surface area contributed by atoms with Crippen molar-refractivity contribution in [1.82, 2.24) is 0 Å². The lowest BCUT2D eigenvalue weighted by molar-refractivity contribution is 0.135. The molecule has 10 heavy (non-hydrogen) atoms. The van der Waals surface area contributed by atoms with Crippen LogP contribution in [0.2, 0.25) is 5.54 Å². The Balaban J connectivity index is 1.93. The summed E-state index contributed by atoms with van der Waals surface area (Å²) in [6, 6.07) is 0. The second-order valence-electron chi connectivity index (χ2n) is 3.00. The molecule has 0 bridgehead atoms. The van der Waals surface area contributed by atoms with Gasteiger partial charge >= 0.3 is 9.28 Å². The molecule has 2 nitrogen and oxygen atoms in total. The highest BCUT2D eigenvalue weighted by atomic mass is 28.3. The average Bonchev–Trinajstić information content (AvgIpc) is 2.05. The van der Waals surface area contributed by atoms with E-state index in [2.05, 4.69) is 0 Å². The van der Waals surface area contributed by atoms with Gasteiger partial charge in [-0.15, -0.1) is 0 Å². The van der Waals surface area contributed by atoms with Crippen LogP contribution in [0.4, 0.5) is 0 Å². The third-order valence-corrected chi connectivity index (χ3v) is 4.44. The molecule has 2 saturated heterocycles. The van der Waals surface area contributed by atoms with Gasteiger partial charge in [-0.2, -0.15) is 0 Å². The maximum Gasteiger partial charge on any atom is 0.388 e. The van der Waals surface area contributed by atoms with Gasteiger partial charge in [0, 0.05) is 18.8 Å². The van der Waals surface area contributed by atoms with Crippen LogP contribution < -0.4 is 0 Å². The van der Waals surface area contributed by atoms with Gasteiger partial charge in [-0.25, -0.2) is 0 Å². The average molecular weight is 157 g/mol. The van der Waals surface area contributed by atoms with Gasteiger partial charge < -0.3 is 8.85 Å². The van der Waals surface area contributed by atoms with E-state index in [1.54, 1.807) is 0 Å². The van der Waals surface area contributed by atoms with Gasteiger partial charge in [0.1, 0.15) is 0 Å². The van der Waals surface area contributed by atoms with Crippen molar-refractivity contribution >= 4 is 9.28 Å². The molecule has 3 heteroatoms. The Labute approximate surface area is 63.4 Å². The summed E-state index contributed by atoms with van der Waals surface area (Å²) >= 11 is 0. The topological polar surface area (TPSA) is 18.5 Å². The standard InChI is InChI=1S/C7H13O2Si/c1-3-7-4-2-6-9-10(7)8-5-1/h7H,1-6H2. The van der Waals surface area contributed by atoms with E-state index in [0.29, 0.717) is 0 Å². The van der Waals surface area contributed by atoms with Crippen LogP contribution in [0, 0.1) is 0 Å². The molecule has 0 aromatic carbocycles. The number of fused-ring (bicyclic) bond motifs is 1. The Morgan fingerprint density at radius 2 is 1.60 bits per heavy atom. The summed E-state index contributed by atoms with van der Waals surface area (Å²) < 4.78 is 11.1. The van der Waals surface area contributed by atoms with Crippen molar-refractivity contribution in [2.24, 2.45) is 0 Å². The van der Waals surface area contributed by atoms with Crippen molar-refractivity contribution < 1.29 is 8.85 Å². The Kier molecular flexibility index (Phi) is 2.07. The van der Waals surface area contributed by atoms with Crippen molar-refractivity contribution in [2.75, 3.05) is 13.2 Å². The van der Waals surface area contributed by atoms with Crippen LogP contribution in [0.25, 0.3) is 0 Å². The molecule has 0 aliphatic carbocycles. The number of rotatable bonds is 0. The Bertz CT molecular complexity index is 92.2. The molecule has 2 heterocycles. The monoisotopic (exact) mass is 157 g/mol. The van der Waals surface area contributed by atoms with Crippen LogP contribution in [0.3, 0.4) is 0 Å². The first-order valence-corrected chi connectivity index (χ1v) is 5.48. The third kappa shape index (κ3) is 1.26. The molecular formula is C7H13O2Si. The summed E-state index contributed by atoms with van der Waals surface area (Å²) in [4.78, 5) is 0. The minimum atomic E-state index is -0.790. The van der Waals surface area contributed by atoms with Gasteiger partial charge in [0.15, 0.2) is 0 Å². The lowest BCUT2D eigenvalue weighted by Crippen LogP contribution is -2.36. The zero-order valence-corrected chi connectivity index (χ0v) is 7.14. The first kappa shape index (κ1) is 6.82. The van der Waals surface area contributed by atoms with Gasteiger partial charge in [-0.3, -0.25) is 0 Å².